The van der Waals surface area contributed by atoms with Crippen LogP contribution in [0.2, 0.25) is 0 Å². The van der Waals surface area contributed by atoms with Gasteiger partial charge in [0, 0.05) is 12.6 Å². The molecule has 2 atom stereocenters. The number of hydrogen-bond donors (Lipinski definition) is 1. The number of nitrogens with zero attached hydrogens (tertiary/aromatic N) is 1. The van der Waals surface area contributed by atoms with Gasteiger partial charge in [0.2, 0.25) is 5.91 Å². The van der Waals surface area contributed by atoms with Gasteiger partial charge in [0.15, 0.2) is 0 Å². The highest BCUT2D eigenvalue weighted by Gasteiger charge is 2.25. The number of rotatable bonds is 4. The standard InChI is InChI=1S/C12H24N2O/c1-4-6-13-9-12(15)14-7-5-10(2)8-11(14)3/h10-11,13H,4-9H2,1-3H3. The number of carbonyl (C=O) groups is 1. The Bertz CT molecular complexity index is 206. The Morgan fingerprint density at radius 3 is 2.80 bits per heavy atom. The highest BCUT2D eigenvalue weighted by Crippen LogP contribution is 2.21. The molecule has 2 unspecified atom stereocenters. The van der Waals surface area contributed by atoms with Crippen molar-refractivity contribution in [3.05, 3.63) is 0 Å². The first kappa shape index (κ1) is 12.5. The Hall–Kier alpha value is -0.570. The maximum atomic E-state index is 11.9. The molecule has 1 aliphatic heterocycles. The minimum atomic E-state index is 0.267. The van der Waals surface area contributed by atoms with Gasteiger partial charge in [-0.05, 0) is 38.6 Å². The molecule has 1 heterocycles. The predicted molar refractivity (Wildman–Crippen MR) is 62.7 cm³/mol. The van der Waals surface area contributed by atoms with Gasteiger partial charge in [-0.3, -0.25) is 4.79 Å². The van der Waals surface area contributed by atoms with Crippen LogP contribution in [0.25, 0.3) is 0 Å². The van der Waals surface area contributed by atoms with Crippen LogP contribution < -0.4 is 5.32 Å². The number of nitrogens with one attached hydrogen (secondary N) is 1. The summed E-state index contributed by atoms with van der Waals surface area (Å²) >= 11 is 0. The Balaban J connectivity index is 2.32. The Morgan fingerprint density at radius 1 is 1.47 bits per heavy atom. The molecule has 0 aromatic rings. The van der Waals surface area contributed by atoms with E-state index < -0.39 is 0 Å². The molecule has 1 N–H and O–H groups in total. The zero-order valence-corrected chi connectivity index (χ0v) is 10.3. The topological polar surface area (TPSA) is 32.3 Å². The van der Waals surface area contributed by atoms with Gasteiger partial charge in [-0.1, -0.05) is 13.8 Å². The summed E-state index contributed by atoms with van der Waals surface area (Å²) < 4.78 is 0. The van der Waals surface area contributed by atoms with E-state index in [1.807, 2.05) is 4.90 Å². The monoisotopic (exact) mass is 212 g/mol. The highest BCUT2D eigenvalue weighted by molar-refractivity contribution is 5.78. The van der Waals surface area contributed by atoms with Gasteiger partial charge in [-0.15, -0.1) is 0 Å². The van der Waals surface area contributed by atoms with Crippen LogP contribution in [0.5, 0.6) is 0 Å². The lowest BCUT2D eigenvalue weighted by Gasteiger charge is -2.36. The summed E-state index contributed by atoms with van der Waals surface area (Å²) in [6, 6.07) is 0.421. The Morgan fingerprint density at radius 2 is 2.20 bits per heavy atom. The second-order valence-electron chi connectivity index (χ2n) is 4.74. The molecule has 0 aromatic carbocycles. The molecule has 1 aliphatic rings. The van der Waals surface area contributed by atoms with Crippen LogP contribution in [0.3, 0.4) is 0 Å². The molecule has 1 rings (SSSR count). The van der Waals surface area contributed by atoms with Gasteiger partial charge in [0.25, 0.3) is 0 Å². The summed E-state index contributed by atoms with van der Waals surface area (Å²) in [6.07, 6.45) is 3.39. The van der Waals surface area contributed by atoms with Crippen molar-refractivity contribution in [3.8, 4) is 0 Å². The van der Waals surface area contributed by atoms with Crippen molar-refractivity contribution in [1.82, 2.24) is 10.2 Å². The van der Waals surface area contributed by atoms with Crippen LogP contribution in [-0.4, -0.2) is 36.5 Å². The summed E-state index contributed by atoms with van der Waals surface area (Å²) in [6.45, 7) is 8.93. The minimum absolute atomic E-state index is 0.267. The predicted octanol–water partition coefficient (Wildman–Crippen LogP) is 1.63. The molecule has 1 amide bonds. The minimum Gasteiger partial charge on any atom is -0.339 e. The molecule has 3 nitrogen and oxygen atoms in total. The largest absolute Gasteiger partial charge is 0.339 e. The number of piperidine rings is 1. The van der Waals surface area contributed by atoms with Crippen LogP contribution in [0.1, 0.15) is 40.0 Å². The summed E-state index contributed by atoms with van der Waals surface area (Å²) in [5, 5.41) is 3.17. The fourth-order valence-electron chi connectivity index (χ4n) is 2.25. The maximum absolute atomic E-state index is 11.9. The van der Waals surface area contributed by atoms with E-state index in [4.69, 9.17) is 0 Å². The van der Waals surface area contributed by atoms with E-state index in [2.05, 4.69) is 26.1 Å². The number of carbonyl (C=O) groups excluding carboxylic acids is 1. The van der Waals surface area contributed by atoms with Crippen molar-refractivity contribution in [1.29, 1.82) is 0 Å². The number of likely N-dealkylation sites (tertiary alicyclic amines) is 1. The quantitative estimate of drug-likeness (QED) is 0.718. The first-order valence-electron chi connectivity index (χ1n) is 6.15. The molecule has 0 saturated carbocycles. The van der Waals surface area contributed by atoms with E-state index >= 15 is 0 Å². The van der Waals surface area contributed by atoms with E-state index in [9.17, 15) is 4.79 Å². The van der Waals surface area contributed by atoms with Crippen molar-refractivity contribution < 1.29 is 4.79 Å². The van der Waals surface area contributed by atoms with E-state index in [0.717, 1.165) is 38.3 Å². The van der Waals surface area contributed by atoms with Crippen LogP contribution >= 0.6 is 0 Å². The molecule has 88 valence electrons. The fraction of sp³-hybridized carbons (Fsp3) is 0.917. The number of hydrogen-bond acceptors (Lipinski definition) is 2. The molecular weight excluding hydrogens is 188 g/mol. The van der Waals surface area contributed by atoms with Gasteiger partial charge in [-0.25, -0.2) is 0 Å². The lowest BCUT2D eigenvalue weighted by Crippen LogP contribution is -2.47. The van der Waals surface area contributed by atoms with Crippen LogP contribution in [-0.2, 0) is 4.79 Å². The van der Waals surface area contributed by atoms with Gasteiger partial charge >= 0.3 is 0 Å². The zero-order chi connectivity index (χ0) is 11.3. The van der Waals surface area contributed by atoms with Crippen molar-refractivity contribution in [2.24, 2.45) is 5.92 Å². The number of amides is 1. The first-order valence-corrected chi connectivity index (χ1v) is 6.15. The Labute approximate surface area is 93.2 Å². The fourth-order valence-corrected chi connectivity index (χ4v) is 2.25. The lowest BCUT2D eigenvalue weighted by molar-refractivity contribution is -0.134. The second kappa shape index (κ2) is 6.11. The third-order valence-corrected chi connectivity index (χ3v) is 3.16. The van der Waals surface area contributed by atoms with Crippen LogP contribution in [0.15, 0.2) is 0 Å². The SMILES string of the molecule is CCCNCC(=O)N1CCC(C)CC1C. The average Bonchev–Trinajstić information content (AvgIpc) is 2.17. The lowest BCUT2D eigenvalue weighted by atomic mass is 9.93. The molecule has 0 bridgehead atoms. The molecule has 0 radical (unpaired) electrons. The summed E-state index contributed by atoms with van der Waals surface area (Å²) in [5.74, 6) is 1.04. The summed E-state index contributed by atoms with van der Waals surface area (Å²) in [4.78, 5) is 13.9. The highest BCUT2D eigenvalue weighted by atomic mass is 16.2. The maximum Gasteiger partial charge on any atom is 0.236 e. The van der Waals surface area contributed by atoms with E-state index in [1.165, 1.54) is 0 Å². The van der Waals surface area contributed by atoms with Crippen LogP contribution in [0, 0.1) is 5.92 Å². The summed E-state index contributed by atoms with van der Waals surface area (Å²) in [5.41, 5.74) is 0. The van der Waals surface area contributed by atoms with E-state index in [0.29, 0.717) is 12.6 Å². The third-order valence-electron chi connectivity index (χ3n) is 3.16. The molecule has 15 heavy (non-hydrogen) atoms. The molecular formula is C12H24N2O. The summed E-state index contributed by atoms with van der Waals surface area (Å²) in [7, 11) is 0. The smallest absolute Gasteiger partial charge is 0.236 e. The van der Waals surface area contributed by atoms with E-state index in [-0.39, 0.29) is 5.91 Å². The third kappa shape index (κ3) is 3.82. The van der Waals surface area contributed by atoms with Crippen molar-refractivity contribution in [2.75, 3.05) is 19.6 Å². The normalized spacial score (nSPS) is 26.7. The molecule has 3 heteroatoms. The molecule has 1 fully saturated rings. The van der Waals surface area contributed by atoms with Gasteiger partial charge in [0.1, 0.15) is 0 Å². The molecule has 0 aliphatic carbocycles. The molecule has 1 saturated heterocycles. The second-order valence-corrected chi connectivity index (χ2v) is 4.74. The van der Waals surface area contributed by atoms with Crippen molar-refractivity contribution in [3.63, 3.8) is 0 Å². The first-order chi connectivity index (χ1) is 7.15. The van der Waals surface area contributed by atoms with Gasteiger partial charge in [0.05, 0.1) is 6.54 Å². The van der Waals surface area contributed by atoms with Crippen molar-refractivity contribution in [2.45, 2.75) is 46.1 Å². The average molecular weight is 212 g/mol. The van der Waals surface area contributed by atoms with E-state index in [1.54, 1.807) is 0 Å². The zero-order valence-electron chi connectivity index (χ0n) is 10.3. The molecule has 0 spiro atoms. The van der Waals surface area contributed by atoms with Crippen molar-refractivity contribution >= 4 is 5.91 Å². The van der Waals surface area contributed by atoms with Gasteiger partial charge < -0.3 is 10.2 Å². The Kier molecular flexibility index (Phi) is 5.09. The van der Waals surface area contributed by atoms with Crippen LogP contribution in [0.4, 0.5) is 0 Å². The molecule has 0 aromatic heterocycles. The van der Waals surface area contributed by atoms with Gasteiger partial charge in [-0.2, -0.15) is 0 Å².